The number of nitrogens with zero attached hydrogens (tertiary/aromatic N) is 2. The number of hydrogen-bond donors (Lipinski definition) is 4. The van der Waals surface area contributed by atoms with E-state index < -0.39 is 23.6 Å². The first kappa shape index (κ1) is 38.2. The van der Waals surface area contributed by atoms with Crippen LogP contribution in [0.2, 0.25) is 0 Å². The molecule has 12 nitrogen and oxygen atoms in total. The molecular weight excluding hydrogens is 757 g/mol. The summed E-state index contributed by atoms with van der Waals surface area (Å²) in [7, 11) is 0. The predicted octanol–water partition coefficient (Wildman–Crippen LogP) is 9.96. The Balaban J connectivity index is 1.00. The monoisotopic (exact) mass is 790 g/mol. The molecule has 0 atom stereocenters. The van der Waals surface area contributed by atoms with E-state index in [9.17, 15) is 19.2 Å². The van der Waals surface area contributed by atoms with Crippen molar-refractivity contribution in [2.75, 3.05) is 21.3 Å². The first-order valence-corrected chi connectivity index (χ1v) is 18.7. The minimum Gasteiger partial charge on any atom is -0.465 e. The number of anilines is 4. The maximum absolute atomic E-state index is 13.6. The maximum atomic E-state index is 13.6. The minimum absolute atomic E-state index is 0.275. The van der Waals surface area contributed by atoms with Gasteiger partial charge in [0, 0.05) is 40.0 Å². The Kier molecular flexibility index (Phi) is 11.3. The van der Waals surface area contributed by atoms with Gasteiger partial charge in [-0.05, 0) is 103 Å². The summed E-state index contributed by atoms with van der Waals surface area (Å²) >= 11 is 0. The van der Waals surface area contributed by atoms with Crippen molar-refractivity contribution < 1.29 is 28.0 Å². The van der Waals surface area contributed by atoms with E-state index in [1.807, 2.05) is 54.6 Å². The molecule has 0 spiro atoms. The summed E-state index contributed by atoms with van der Waals surface area (Å²) in [5, 5.41) is 12.1. The van der Waals surface area contributed by atoms with Crippen LogP contribution in [0.3, 0.4) is 0 Å². The van der Waals surface area contributed by atoms with Gasteiger partial charge in [-0.2, -0.15) is 0 Å². The molecule has 3 heterocycles. The van der Waals surface area contributed by atoms with Gasteiger partial charge in [0.25, 0.3) is 11.8 Å². The van der Waals surface area contributed by atoms with Crippen LogP contribution in [0.15, 0.2) is 179 Å². The van der Waals surface area contributed by atoms with E-state index in [4.69, 9.17) is 18.8 Å². The molecule has 292 valence electrons. The number of benzene rings is 5. The molecule has 0 saturated carbocycles. The number of carbonyl (C=O) groups is 4. The van der Waals surface area contributed by atoms with Gasteiger partial charge in [0.2, 0.25) is 11.8 Å². The largest absolute Gasteiger partial charge is 0.465 e. The van der Waals surface area contributed by atoms with Gasteiger partial charge in [0.05, 0.1) is 46.2 Å². The molecule has 60 heavy (non-hydrogen) atoms. The molecular formula is C48H34N6O6. The van der Waals surface area contributed by atoms with E-state index in [-0.39, 0.29) is 11.1 Å². The molecule has 12 heteroatoms. The number of aromatic nitrogens is 2. The summed E-state index contributed by atoms with van der Waals surface area (Å²) in [5.41, 5.74) is 5.13. The fourth-order valence-electron chi connectivity index (χ4n) is 6.27. The van der Waals surface area contributed by atoms with Crippen molar-refractivity contribution >= 4 is 69.4 Å². The van der Waals surface area contributed by atoms with Crippen molar-refractivity contribution in [1.29, 1.82) is 0 Å². The van der Waals surface area contributed by atoms with Gasteiger partial charge >= 0.3 is 0 Å². The van der Waals surface area contributed by atoms with Gasteiger partial charge < -0.3 is 30.1 Å². The third-order valence-corrected chi connectivity index (χ3v) is 9.15. The fraction of sp³-hybridized carbons (Fsp3) is 0. The number of carbonyl (C=O) groups excluding carboxylic acids is 4. The van der Waals surface area contributed by atoms with E-state index in [0.29, 0.717) is 62.3 Å². The Labute approximate surface area is 343 Å². The van der Waals surface area contributed by atoms with Crippen LogP contribution in [0.1, 0.15) is 32.2 Å². The Morgan fingerprint density at radius 1 is 0.483 bits per heavy atom. The maximum Gasteiger partial charge on any atom is 0.257 e. The molecule has 4 amide bonds. The standard InChI is InChI=1S/C48H34N6O6/c55-43(26-23-35-12-8-28-59-35)51-40-16-6-4-14-37(40)47(57)49-33-20-18-32(19-21-33)46-53-42-25-22-34(30-39(42)45(54-46)31-10-2-1-3-11-31)50-48(58)38-15-5-7-17-41(38)52-44(56)27-24-36-13-9-29-60-36/h1-30H,(H,49,57)(H,50,58)(H,51,55)(H,52,56). The summed E-state index contributed by atoms with van der Waals surface area (Å²) in [6, 6.07) is 42.6. The van der Waals surface area contributed by atoms with Crippen molar-refractivity contribution in [1.82, 2.24) is 9.97 Å². The van der Waals surface area contributed by atoms with Crippen LogP contribution in [0.25, 0.3) is 45.7 Å². The molecule has 0 aliphatic rings. The highest BCUT2D eigenvalue weighted by molar-refractivity contribution is 6.13. The van der Waals surface area contributed by atoms with Crippen LogP contribution in [0.4, 0.5) is 22.7 Å². The Hall–Kier alpha value is -8.64. The number of rotatable bonds is 12. The van der Waals surface area contributed by atoms with Crippen LogP contribution < -0.4 is 21.3 Å². The molecule has 0 fully saturated rings. The zero-order chi connectivity index (χ0) is 41.3. The first-order chi connectivity index (χ1) is 29.4. The fourth-order valence-corrected chi connectivity index (χ4v) is 6.27. The van der Waals surface area contributed by atoms with Crippen molar-refractivity contribution in [3.8, 4) is 22.6 Å². The van der Waals surface area contributed by atoms with Crippen LogP contribution in [0, 0.1) is 0 Å². The topological polar surface area (TPSA) is 168 Å². The van der Waals surface area contributed by atoms with Gasteiger partial charge in [-0.25, -0.2) is 9.97 Å². The molecule has 0 radical (unpaired) electrons. The Bertz CT molecular complexity index is 2890. The lowest BCUT2D eigenvalue weighted by atomic mass is 10.0. The average molecular weight is 791 g/mol. The third kappa shape index (κ3) is 9.14. The predicted molar refractivity (Wildman–Crippen MR) is 232 cm³/mol. The number of hydrogen-bond acceptors (Lipinski definition) is 8. The third-order valence-electron chi connectivity index (χ3n) is 9.15. The van der Waals surface area contributed by atoms with Gasteiger partial charge in [-0.1, -0.05) is 54.6 Å². The summed E-state index contributed by atoms with van der Waals surface area (Å²) in [5.74, 6) is -0.152. The van der Waals surface area contributed by atoms with Crippen molar-refractivity contribution in [3.05, 3.63) is 193 Å². The Morgan fingerprint density at radius 3 is 1.58 bits per heavy atom. The quantitative estimate of drug-likeness (QED) is 0.0887. The summed E-state index contributed by atoms with van der Waals surface area (Å²) in [4.78, 5) is 62.1. The summed E-state index contributed by atoms with van der Waals surface area (Å²) in [6.45, 7) is 0. The van der Waals surface area contributed by atoms with Crippen LogP contribution in [-0.4, -0.2) is 33.6 Å². The number of furan rings is 2. The second-order valence-electron chi connectivity index (χ2n) is 13.2. The van der Waals surface area contributed by atoms with E-state index in [1.165, 1.54) is 36.8 Å². The smallest absolute Gasteiger partial charge is 0.257 e. The van der Waals surface area contributed by atoms with Crippen molar-refractivity contribution in [3.63, 3.8) is 0 Å². The highest BCUT2D eigenvalue weighted by Crippen LogP contribution is 2.32. The van der Waals surface area contributed by atoms with Crippen LogP contribution in [-0.2, 0) is 9.59 Å². The normalized spacial score (nSPS) is 11.1. The highest BCUT2D eigenvalue weighted by atomic mass is 16.3. The van der Waals surface area contributed by atoms with Gasteiger partial charge in [-0.15, -0.1) is 0 Å². The summed E-state index contributed by atoms with van der Waals surface area (Å²) in [6.07, 6.45) is 8.77. The number of amides is 4. The van der Waals surface area contributed by atoms with Gasteiger partial charge in [-0.3, -0.25) is 19.2 Å². The number of para-hydroxylation sites is 2. The van der Waals surface area contributed by atoms with E-state index in [0.717, 1.165) is 5.56 Å². The molecule has 5 aromatic carbocycles. The van der Waals surface area contributed by atoms with Crippen LogP contribution >= 0.6 is 0 Å². The zero-order valence-electron chi connectivity index (χ0n) is 31.7. The SMILES string of the molecule is O=C(C=Cc1ccco1)Nc1ccccc1C(=O)Nc1ccc(-c2nc(-c3ccccc3)c3cc(NC(=O)c4ccccc4NC(=O)C=Cc4ccco4)ccc3n2)cc1. The lowest BCUT2D eigenvalue weighted by molar-refractivity contribution is -0.112. The first-order valence-electron chi connectivity index (χ1n) is 18.7. The van der Waals surface area contributed by atoms with Gasteiger partial charge in [0.15, 0.2) is 5.82 Å². The van der Waals surface area contributed by atoms with E-state index >= 15 is 0 Å². The second kappa shape index (κ2) is 17.7. The molecule has 0 unspecified atom stereocenters. The van der Waals surface area contributed by atoms with E-state index in [2.05, 4.69) is 21.3 Å². The lowest BCUT2D eigenvalue weighted by Crippen LogP contribution is -2.17. The second-order valence-corrected chi connectivity index (χ2v) is 13.2. The molecule has 0 saturated heterocycles. The number of fused-ring (bicyclic) bond motifs is 1. The molecule has 8 rings (SSSR count). The van der Waals surface area contributed by atoms with E-state index in [1.54, 1.807) is 91.0 Å². The zero-order valence-corrected chi connectivity index (χ0v) is 31.7. The summed E-state index contributed by atoms with van der Waals surface area (Å²) < 4.78 is 10.5. The van der Waals surface area contributed by atoms with Crippen LogP contribution in [0.5, 0.6) is 0 Å². The Morgan fingerprint density at radius 2 is 1.02 bits per heavy atom. The van der Waals surface area contributed by atoms with Gasteiger partial charge in [0.1, 0.15) is 11.5 Å². The molecule has 8 aromatic rings. The highest BCUT2D eigenvalue weighted by Gasteiger charge is 2.17. The minimum atomic E-state index is -0.420. The van der Waals surface area contributed by atoms with Crippen molar-refractivity contribution in [2.45, 2.75) is 0 Å². The number of nitrogens with one attached hydrogen (secondary N) is 4. The molecule has 0 aliphatic carbocycles. The average Bonchev–Trinajstić information content (AvgIpc) is 4.01. The molecule has 3 aromatic heterocycles. The molecule has 4 N–H and O–H groups in total. The molecule has 0 bridgehead atoms. The lowest BCUT2D eigenvalue weighted by Gasteiger charge is -2.13. The van der Waals surface area contributed by atoms with Crippen molar-refractivity contribution in [2.24, 2.45) is 0 Å². The molecule has 0 aliphatic heterocycles.